The largest absolute Gasteiger partial charge is 0.345 e. The lowest BCUT2D eigenvalue weighted by atomic mass is 10.2. The molecule has 0 N–H and O–H groups in total. The summed E-state index contributed by atoms with van der Waals surface area (Å²) in [5.74, 6) is -0.227. The molecule has 2 aromatic rings. The summed E-state index contributed by atoms with van der Waals surface area (Å²) in [5.41, 5.74) is 2.45. The number of hydrogen-bond acceptors (Lipinski definition) is 3. The number of carbonyl (C=O) groups is 1. The molecular weight excluding hydrogens is 240 g/mol. The van der Waals surface area contributed by atoms with Crippen LogP contribution in [0.3, 0.4) is 0 Å². The molecule has 0 aliphatic rings. The normalized spacial score (nSPS) is 10.0. The summed E-state index contributed by atoms with van der Waals surface area (Å²) in [4.78, 5) is 13.4. The van der Waals surface area contributed by atoms with Gasteiger partial charge >= 0.3 is 0 Å². The first-order valence-electron chi connectivity index (χ1n) is 5.81. The van der Waals surface area contributed by atoms with Gasteiger partial charge in [0, 0.05) is 14.1 Å². The van der Waals surface area contributed by atoms with E-state index in [2.05, 4.69) is 5.10 Å². The molecule has 1 aromatic carbocycles. The smallest absolute Gasteiger partial charge is 0.257 e. The molecule has 19 heavy (non-hydrogen) atoms. The molecule has 0 spiro atoms. The second-order valence-corrected chi connectivity index (χ2v) is 4.47. The van der Waals surface area contributed by atoms with Gasteiger partial charge in [-0.05, 0) is 19.1 Å². The van der Waals surface area contributed by atoms with Crippen LogP contribution in [0.2, 0.25) is 0 Å². The van der Waals surface area contributed by atoms with E-state index in [9.17, 15) is 10.1 Å². The van der Waals surface area contributed by atoms with Crippen molar-refractivity contribution in [3.63, 3.8) is 0 Å². The molecule has 0 aliphatic carbocycles. The van der Waals surface area contributed by atoms with Gasteiger partial charge in [0.25, 0.3) is 5.91 Å². The summed E-state index contributed by atoms with van der Waals surface area (Å²) in [6, 6.07) is 9.65. The molecule has 0 bridgehead atoms. The van der Waals surface area contributed by atoms with E-state index < -0.39 is 0 Å². The Morgan fingerprint density at radius 3 is 2.47 bits per heavy atom. The fourth-order valence-corrected chi connectivity index (χ4v) is 1.74. The van der Waals surface area contributed by atoms with E-state index in [0.717, 1.165) is 11.3 Å². The van der Waals surface area contributed by atoms with Gasteiger partial charge in [-0.15, -0.1) is 0 Å². The van der Waals surface area contributed by atoms with Crippen molar-refractivity contribution >= 4 is 5.91 Å². The fraction of sp³-hybridized carbons (Fsp3) is 0.214. The number of amides is 1. The second kappa shape index (κ2) is 4.94. The highest BCUT2D eigenvalue weighted by Gasteiger charge is 2.19. The molecule has 0 saturated carbocycles. The molecular formula is C14H14N4O. The van der Waals surface area contributed by atoms with Crippen LogP contribution in [0.5, 0.6) is 0 Å². The molecule has 1 amide bonds. The zero-order valence-corrected chi connectivity index (χ0v) is 11.1. The minimum Gasteiger partial charge on any atom is -0.345 e. The van der Waals surface area contributed by atoms with Gasteiger partial charge in [-0.3, -0.25) is 4.79 Å². The lowest BCUT2D eigenvalue weighted by Crippen LogP contribution is -2.22. The predicted octanol–water partition coefficient (Wildman–Crippen LogP) is 1.75. The standard InChI is InChI=1S/C14H14N4O/c1-10-4-6-11(7-5-10)18-13(8-15)12(9-16-18)14(19)17(2)3/h4-7,9H,1-3H3. The third kappa shape index (κ3) is 2.33. The van der Waals surface area contributed by atoms with Gasteiger partial charge in [0.1, 0.15) is 6.07 Å². The van der Waals surface area contributed by atoms with Crippen LogP contribution in [-0.2, 0) is 0 Å². The van der Waals surface area contributed by atoms with Gasteiger partial charge in [0.05, 0.1) is 17.4 Å². The number of hydrogen-bond donors (Lipinski definition) is 0. The number of benzene rings is 1. The summed E-state index contributed by atoms with van der Waals surface area (Å²) in [5, 5.41) is 13.4. The lowest BCUT2D eigenvalue weighted by molar-refractivity contribution is 0.0827. The van der Waals surface area contributed by atoms with Crippen LogP contribution in [0.4, 0.5) is 0 Å². The molecule has 0 saturated heterocycles. The maximum absolute atomic E-state index is 11.9. The summed E-state index contributed by atoms with van der Waals surface area (Å²) in [7, 11) is 3.29. The number of nitrogens with zero attached hydrogens (tertiary/aromatic N) is 4. The summed E-state index contributed by atoms with van der Waals surface area (Å²) < 4.78 is 1.48. The molecule has 0 radical (unpaired) electrons. The van der Waals surface area contributed by atoms with Crippen LogP contribution in [0.1, 0.15) is 21.6 Å². The van der Waals surface area contributed by atoms with E-state index >= 15 is 0 Å². The van der Waals surface area contributed by atoms with Crippen molar-refractivity contribution in [1.82, 2.24) is 14.7 Å². The maximum atomic E-state index is 11.9. The van der Waals surface area contributed by atoms with E-state index in [1.54, 1.807) is 14.1 Å². The summed E-state index contributed by atoms with van der Waals surface area (Å²) >= 11 is 0. The van der Waals surface area contributed by atoms with Crippen LogP contribution < -0.4 is 0 Å². The Balaban J connectivity index is 2.52. The van der Waals surface area contributed by atoms with Gasteiger partial charge in [0.2, 0.25) is 0 Å². The highest BCUT2D eigenvalue weighted by Crippen LogP contribution is 2.16. The van der Waals surface area contributed by atoms with Crippen LogP contribution >= 0.6 is 0 Å². The molecule has 96 valence electrons. The monoisotopic (exact) mass is 254 g/mol. The molecule has 0 aliphatic heterocycles. The van der Waals surface area contributed by atoms with Crippen molar-refractivity contribution in [2.45, 2.75) is 6.92 Å². The highest BCUT2D eigenvalue weighted by molar-refractivity contribution is 5.95. The van der Waals surface area contributed by atoms with Crippen molar-refractivity contribution in [2.75, 3.05) is 14.1 Å². The Kier molecular flexibility index (Phi) is 3.34. The Hall–Kier alpha value is -2.61. The Morgan fingerprint density at radius 2 is 1.95 bits per heavy atom. The Labute approximate surface area is 111 Å². The number of aromatic nitrogens is 2. The quantitative estimate of drug-likeness (QED) is 0.820. The van der Waals surface area contributed by atoms with E-state index in [1.165, 1.54) is 15.8 Å². The number of aryl methyl sites for hydroxylation is 1. The van der Waals surface area contributed by atoms with Crippen molar-refractivity contribution in [1.29, 1.82) is 5.26 Å². The van der Waals surface area contributed by atoms with E-state index in [-0.39, 0.29) is 11.6 Å². The average molecular weight is 254 g/mol. The van der Waals surface area contributed by atoms with Gasteiger partial charge in [-0.2, -0.15) is 10.4 Å². The lowest BCUT2D eigenvalue weighted by Gasteiger charge is -2.09. The van der Waals surface area contributed by atoms with Crippen molar-refractivity contribution in [2.24, 2.45) is 0 Å². The first-order chi connectivity index (χ1) is 9.04. The van der Waals surface area contributed by atoms with E-state index in [0.29, 0.717) is 5.56 Å². The van der Waals surface area contributed by atoms with Crippen molar-refractivity contribution in [3.8, 4) is 11.8 Å². The molecule has 1 heterocycles. The zero-order valence-electron chi connectivity index (χ0n) is 11.1. The Morgan fingerprint density at radius 1 is 1.32 bits per heavy atom. The van der Waals surface area contributed by atoms with Crippen molar-refractivity contribution < 1.29 is 4.79 Å². The molecule has 5 heteroatoms. The van der Waals surface area contributed by atoms with Gasteiger partial charge in [0.15, 0.2) is 5.69 Å². The highest BCUT2D eigenvalue weighted by atomic mass is 16.2. The average Bonchev–Trinajstić information content (AvgIpc) is 2.82. The summed E-state index contributed by atoms with van der Waals surface area (Å²) in [6.07, 6.45) is 1.43. The SMILES string of the molecule is Cc1ccc(-n2ncc(C(=O)N(C)C)c2C#N)cc1. The van der Waals surface area contributed by atoms with Crippen LogP contribution in [0.25, 0.3) is 5.69 Å². The van der Waals surface area contributed by atoms with E-state index in [1.807, 2.05) is 37.3 Å². The fourth-order valence-electron chi connectivity index (χ4n) is 1.74. The van der Waals surface area contributed by atoms with Gasteiger partial charge in [-0.25, -0.2) is 4.68 Å². The molecule has 0 unspecified atom stereocenters. The molecule has 5 nitrogen and oxygen atoms in total. The third-order valence-electron chi connectivity index (χ3n) is 2.79. The first kappa shape index (κ1) is 12.8. The minimum absolute atomic E-state index is 0.227. The summed E-state index contributed by atoms with van der Waals surface area (Å²) in [6.45, 7) is 1.99. The molecule has 1 aromatic heterocycles. The predicted molar refractivity (Wildman–Crippen MR) is 71.0 cm³/mol. The molecule has 0 fully saturated rings. The molecule has 0 atom stereocenters. The number of nitriles is 1. The van der Waals surface area contributed by atoms with E-state index in [4.69, 9.17) is 0 Å². The number of carbonyl (C=O) groups excluding carboxylic acids is 1. The Bertz CT molecular complexity index is 647. The van der Waals surface area contributed by atoms with Crippen LogP contribution in [0, 0.1) is 18.3 Å². The minimum atomic E-state index is -0.227. The third-order valence-corrected chi connectivity index (χ3v) is 2.79. The van der Waals surface area contributed by atoms with Gasteiger partial charge < -0.3 is 4.90 Å². The second-order valence-electron chi connectivity index (χ2n) is 4.47. The topological polar surface area (TPSA) is 61.9 Å². The zero-order chi connectivity index (χ0) is 14.0. The molecule has 2 rings (SSSR count). The van der Waals surface area contributed by atoms with Crippen LogP contribution in [0.15, 0.2) is 30.5 Å². The van der Waals surface area contributed by atoms with Crippen LogP contribution in [-0.4, -0.2) is 34.7 Å². The van der Waals surface area contributed by atoms with Gasteiger partial charge in [-0.1, -0.05) is 17.7 Å². The maximum Gasteiger partial charge on any atom is 0.257 e. The number of rotatable bonds is 2. The first-order valence-corrected chi connectivity index (χ1v) is 5.81. The van der Waals surface area contributed by atoms with Crippen molar-refractivity contribution in [3.05, 3.63) is 47.3 Å².